The van der Waals surface area contributed by atoms with Gasteiger partial charge >= 0.3 is 71.5 Å². The molecule has 0 aliphatic heterocycles. The van der Waals surface area contributed by atoms with Crippen LogP contribution in [-0.4, -0.2) is 76.6 Å². The summed E-state index contributed by atoms with van der Waals surface area (Å²) in [4.78, 5) is 10.9. The maximum absolute atomic E-state index is 13.7. The molecule has 0 aromatic rings. The van der Waals surface area contributed by atoms with E-state index in [1.165, 1.54) is 0 Å². The number of aliphatic hydroxyl groups is 1. The van der Waals surface area contributed by atoms with Gasteiger partial charge in [-0.15, -0.1) is 0 Å². The summed E-state index contributed by atoms with van der Waals surface area (Å²) in [6.45, 7) is 2.69. The smallest absolute Gasteiger partial charge is 0.393 e. The molecule has 1 unspecified atom stereocenters. The summed E-state index contributed by atoms with van der Waals surface area (Å²) in [5, 5.41) is 8.44. The van der Waals surface area contributed by atoms with Crippen LogP contribution in [0.3, 0.4) is 0 Å². The number of ether oxygens (including phenoxy) is 1. The second-order valence-corrected chi connectivity index (χ2v) is 7.40. The van der Waals surface area contributed by atoms with Gasteiger partial charge < -0.3 is 9.84 Å². The summed E-state index contributed by atoms with van der Waals surface area (Å²) in [6, 6.07) is 0. The quantitative estimate of drug-likeness (QED) is 0.149. The summed E-state index contributed by atoms with van der Waals surface area (Å²) in [5.41, 5.74) is -1.42. The van der Waals surface area contributed by atoms with Gasteiger partial charge in [-0.3, -0.25) is 0 Å². The van der Waals surface area contributed by atoms with Gasteiger partial charge in [-0.25, -0.2) is 4.79 Å². The molecule has 25 heteroatoms. The Morgan fingerprint density at radius 2 is 0.725 bits per heavy atom. The first kappa shape index (κ1) is 37.6. The van der Waals surface area contributed by atoms with Gasteiger partial charge in [0.25, 0.3) is 0 Å². The molecule has 0 fully saturated rings. The Hall–Kier alpha value is -2.37. The van der Waals surface area contributed by atoms with Crippen LogP contribution in [-0.2, 0) is 9.53 Å². The van der Waals surface area contributed by atoms with Crippen LogP contribution in [0.5, 0.6) is 0 Å². The predicted octanol–water partition coefficient (Wildman–Crippen LogP) is 7.00. The van der Waals surface area contributed by atoms with Crippen LogP contribution < -0.4 is 0 Å². The van der Waals surface area contributed by atoms with Crippen molar-refractivity contribution in [2.45, 2.75) is 72.4 Å². The third kappa shape index (κ3) is 4.58. The molecule has 1 atom stereocenters. The van der Waals surface area contributed by atoms with Gasteiger partial charge in [0.1, 0.15) is 0 Å². The molecular weight excluding hydrogens is 646 g/mol. The predicted molar refractivity (Wildman–Crippen MR) is 77.5 cm³/mol. The number of rotatable bonds is 11. The van der Waals surface area contributed by atoms with Gasteiger partial charge in [-0.2, -0.15) is 96.6 Å². The molecule has 0 spiro atoms. The molecule has 0 amide bonds. The van der Waals surface area contributed by atoms with Gasteiger partial charge in [-0.05, 0) is 6.92 Å². The number of alkyl halides is 22. The minimum absolute atomic E-state index is 0.289. The van der Waals surface area contributed by atoms with Crippen LogP contribution in [0, 0.1) is 0 Å². The molecule has 40 heavy (non-hydrogen) atoms. The number of hydrogen-bond acceptors (Lipinski definition) is 3. The Kier molecular flexibility index (Phi) is 8.77. The van der Waals surface area contributed by atoms with Crippen molar-refractivity contribution in [3.8, 4) is 0 Å². The highest BCUT2D eigenvalue weighted by molar-refractivity contribution is 5.87. The van der Waals surface area contributed by atoms with Crippen molar-refractivity contribution in [3.63, 3.8) is 0 Å². The zero-order valence-corrected chi connectivity index (χ0v) is 17.8. The normalized spacial score (nSPS) is 17.4. The van der Waals surface area contributed by atoms with E-state index in [0.29, 0.717) is 0 Å². The highest BCUT2D eigenvalue weighted by Crippen LogP contribution is 2.66. The molecule has 238 valence electrons. The molecule has 0 heterocycles. The summed E-state index contributed by atoms with van der Waals surface area (Å²) < 4.78 is 293. The monoisotopic (exact) mass is 652 g/mol. The first-order valence-electron chi connectivity index (χ1n) is 8.60. The van der Waals surface area contributed by atoms with Gasteiger partial charge in [0, 0.05) is 5.57 Å². The number of esters is 1. The Bertz CT molecular complexity index is 990. The van der Waals surface area contributed by atoms with Crippen LogP contribution in [0.4, 0.5) is 96.6 Å². The molecule has 0 aromatic heterocycles. The first-order valence-corrected chi connectivity index (χ1v) is 8.60. The van der Waals surface area contributed by atoms with E-state index in [4.69, 9.17) is 5.11 Å². The first-order chi connectivity index (χ1) is 16.8. The molecule has 0 radical (unpaired) electrons. The molecule has 0 aliphatic rings. The fourth-order valence-corrected chi connectivity index (χ4v) is 2.02. The van der Waals surface area contributed by atoms with Crippen molar-refractivity contribution in [2.75, 3.05) is 0 Å². The minimum atomic E-state index is -9.43. The zero-order valence-electron chi connectivity index (χ0n) is 17.8. The lowest BCUT2D eigenvalue weighted by Crippen LogP contribution is -2.78. The molecule has 0 saturated carbocycles. The fraction of sp³-hybridized carbons (Fsp3) is 0.800. The summed E-state index contributed by atoms with van der Waals surface area (Å²) in [5.74, 6) is -83.7. The molecule has 1 N–H and O–H groups in total. The Balaban J connectivity index is 7.20. The van der Waals surface area contributed by atoms with Gasteiger partial charge in [0.2, 0.25) is 0 Å². The summed E-state index contributed by atoms with van der Waals surface area (Å²) in [6.07, 6.45) is -15.4. The lowest BCUT2D eigenvalue weighted by atomic mass is 9.86. The second-order valence-electron chi connectivity index (χ2n) is 7.40. The van der Waals surface area contributed by atoms with E-state index in [-0.39, 0.29) is 6.92 Å². The van der Waals surface area contributed by atoms with Crippen molar-refractivity contribution >= 4 is 5.97 Å². The van der Waals surface area contributed by atoms with Crippen molar-refractivity contribution < 1.29 is 111 Å². The number of carbonyl (C=O) groups excluding carboxylic acids is 1. The van der Waals surface area contributed by atoms with E-state index in [1.807, 2.05) is 0 Å². The molecule has 3 nitrogen and oxygen atoms in total. The van der Waals surface area contributed by atoms with Crippen LogP contribution in [0.1, 0.15) is 6.92 Å². The molecule has 0 saturated heterocycles. The summed E-state index contributed by atoms with van der Waals surface area (Å²) >= 11 is 0. The molecule has 0 aliphatic carbocycles. The minimum Gasteiger partial charge on any atom is -0.393 e. The SMILES string of the molecule is C=C(C)C(=O)OC(F)(F)C(O)(F)C(F)(F)C(F)(F)C(F)(F)C(F)(F)C(F)(F)C(F)(F)C(F)(F)C(F)(F)C(F)(F)F. The number of carbonyl (C=O) groups is 1. The second kappa shape index (κ2) is 9.32. The summed E-state index contributed by atoms with van der Waals surface area (Å²) in [7, 11) is 0. The lowest BCUT2D eigenvalue weighted by molar-refractivity contribution is -0.492. The van der Waals surface area contributed by atoms with E-state index < -0.39 is 77.1 Å². The van der Waals surface area contributed by atoms with Crippen molar-refractivity contribution in [3.05, 3.63) is 12.2 Å². The Labute approximate surface area is 203 Å². The molecule has 0 rings (SSSR count). The van der Waals surface area contributed by atoms with Crippen molar-refractivity contribution in [1.82, 2.24) is 0 Å². The van der Waals surface area contributed by atoms with Crippen molar-refractivity contribution in [1.29, 1.82) is 0 Å². The standard InChI is InChI=1S/C15H6F22O3/c1-3(2)4(38)40-15(36,37)13(32,39)11(28,29)9(24,25)7(20,21)5(16,17)6(18,19)8(22,23)10(26,27)12(30,31)14(33,34)35/h39H,1H2,2H3. The van der Waals surface area contributed by atoms with Gasteiger partial charge in [-0.1, -0.05) is 6.58 Å². The molecule has 0 bridgehead atoms. The molecular formula is C15H6F22O3. The maximum Gasteiger partial charge on any atom is 0.468 e. The Morgan fingerprint density at radius 3 is 0.950 bits per heavy atom. The topological polar surface area (TPSA) is 46.5 Å². The van der Waals surface area contributed by atoms with Crippen LogP contribution in [0.25, 0.3) is 0 Å². The van der Waals surface area contributed by atoms with Gasteiger partial charge in [0.05, 0.1) is 0 Å². The average Bonchev–Trinajstić information content (AvgIpc) is 2.70. The van der Waals surface area contributed by atoms with Crippen LogP contribution >= 0.6 is 0 Å². The van der Waals surface area contributed by atoms with E-state index in [2.05, 4.69) is 11.3 Å². The highest BCUT2D eigenvalue weighted by Gasteiger charge is 2.98. The third-order valence-corrected chi connectivity index (χ3v) is 4.49. The third-order valence-electron chi connectivity index (χ3n) is 4.49. The molecule has 0 aromatic carbocycles. The van der Waals surface area contributed by atoms with Crippen molar-refractivity contribution in [2.24, 2.45) is 0 Å². The number of halogens is 22. The van der Waals surface area contributed by atoms with E-state index in [0.717, 1.165) is 0 Å². The zero-order chi connectivity index (χ0) is 33.4. The number of hydrogen-bond donors (Lipinski definition) is 1. The Morgan fingerprint density at radius 1 is 0.500 bits per heavy atom. The van der Waals surface area contributed by atoms with Crippen LogP contribution in [0.2, 0.25) is 0 Å². The highest BCUT2D eigenvalue weighted by atomic mass is 19.4. The fourth-order valence-electron chi connectivity index (χ4n) is 2.02. The van der Waals surface area contributed by atoms with Crippen LogP contribution in [0.15, 0.2) is 12.2 Å². The van der Waals surface area contributed by atoms with Gasteiger partial charge in [0.15, 0.2) is 0 Å². The van der Waals surface area contributed by atoms with E-state index in [9.17, 15) is 101 Å². The van der Waals surface area contributed by atoms with E-state index >= 15 is 0 Å². The largest absolute Gasteiger partial charge is 0.468 e. The average molecular weight is 652 g/mol. The lowest BCUT2D eigenvalue weighted by Gasteiger charge is -2.45. The maximum atomic E-state index is 13.7. The van der Waals surface area contributed by atoms with E-state index in [1.54, 1.807) is 0 Å².